The first kappa shape index (κ1) is 30.3. The van der Waals surface area contributed by atoms with E-state index in [4.69, 9.17) is 9.97 Å². The van der Waals surface area contributed by atoms with Gasteiger partial charge in [0.1, 0.15) is 23.3 Å². The average Bonchev–Trinajstić information content (AvgIpc) is 3.40. The van der Waals surface area contributed by atoms with E-state index in [0.717, 1.165) is 39.0 Å². The second-order valence-corrected chi connectivity index (χ2v) is 12.8. The monoisotopic (exact) mass is 637 g/mol. The van der Waals surface area contributed by atoms with Gasteiger partial charge in [-0.05, 0) is 94.1 Å². The molecule has 0 saturated heterocycles. The summed E-state index contributed by atoms with van der Waals surface area (Å²) in [5, 5.41) is 2.34. The van der Waals surface area contributed by atoms with E-state index in [1.54, 1.807) is 0 Å². The van der Waals surface area contributed by atoms with Crippen molar-refractivity contribution < 1.29 is 0 Å². The molecule has 0 aliphatic carbocycles. The summed E-state index contributed by atoms with van der Waals surface area (Å²) in [4.78, 5) is 28.0. The van der Waals surface area contributed by atoms with Crippen LogP contribution in [0.25, 0.3) is 72.5 Å². The standard InChI is InChI=1S/C42H35N7/c1-24-7-11-30(12-8-24)32-15-18-35-36-19-16-33(31-13-9-25(2)10-14-31)23-40(36)49(39(35)22-32)38-20-17-34(41-45-26(3)43-27(4)46-41)21-37(38)42-47-28(5)44-29(6)48-42/h7-23H,1-6H3. The molecule has 0 spiro atoms. The molecule has 49 heavy (non-hydrogen) atoms. The van der Waals surface area contributed by atoms with E-state index in [-0.39, 0.29) is 0 Å². The number of rotatable bonds is 5. The summed E-state index contributed by atoms with van der Waals surface area (Å²) in [6.45, 7) is 11.8. The Bertz CT molecular complexity index is 2400. The molecule has 238 valence electrons. The summed E-state index contributed by atoms with van der Waals surface area (Å²) >= 11 is 0. The predicted molar refractivity (Wildman–Crippen MR) is 198 cm³/mol. The summed E-state index contributed by atoms with van der Waals surface area (Å²) in [7, 11) is 0. The van der Waals surface area contributed by atoms with Crippen LogP contribution in [0.15, 0.2) is 103 Å². The molecule has 7 nitrogen and oxygen atoms in total. The number of hydrogen-bond acceptors (Lipinski definition) is 6. The lowest BCUT2D eigenvalue weighted by Gasteiger charge is -2.16. The molecular weight excluding hydrogens is 603 g/mol. The van der Waals surface area contributed by atoms with Crippen LogP contribution in [0.5, 0.6) is 0 Å². The van der Waals surface area contributed by atoms with E-state index >= 15 is 0 Å². The van der Waals surface area contributed by atoms with Crippen LogP contribution in [0.1, 0.15) is 34.4 Å². The highest BCUT2D eigenvalue weighted by atomic mass is 15.0. The molecule has 0 atom stereocenters. The summed E-state index contributed by atoms with van der Waals surface area (Å²) < 4.78 is 2.36. The number of hydrogen-bond donors (Lipinski definition) is 0. The molecule has 0 fully saturated rings. The van der Waals surface area contributed by atoms with Crippen LogP contribution in [0.2, 0.25) is 0 Å². The minimum Gasteiger partial charge on any atom is -0.308 e. The van der Waals surface area contributed by atoms with Crippen LogP contribution >= 0.6 is 0 Å². The van der Waals surface area contributed by atoms with E-state index in [9.17, 15) is 0 Å². The number of aryl methyl sites for hydroxylation is 6. The van der Waals surface area contributed by atoms with E-state index in [2.05, 4.69) is 141 Å². The van der Waals surface area contributed by atoms with Gasteiger partial charge < -0.3 is 4.57 Å². The van der Waals surface area contributed by atoms with E-state index in [1.165, 1.54) is 33.0 Å². The number of nitrogens with zero attached hydrogens (tertiary/aromatic N) is 7. The van der Waals surface area contributed by atoms with Crippen LogP contribution < -0.4 is 0 Å². The average molecular weight is 638 g/mol. The van der Waals surface area contributed by atoms with Crippen molar-refractivity contribution in [1.82, 2.24) is 34.5 Å². The molecular formula is C42H35N7. The van der Waals surface area contributed by atoms with E-state index in [1.807, 2.05) is 27.7 Å². The highest BCUT2D eigenvalue weighted by Gasteiger charge is 2.20. The van der Waals surface area contributed by atoms with Gasteiger partial charge in [-0.15, -0.1) is 0 Å². The molecule has 0 saturated carbocycles. The summed E-state index contributed by atoms with van der Waals surface area (Å²) in [5.74, 6) is 3.89. The zero-order valence-corrected chi connectivity index (χ0v) is 28.4. The molecule has 3 aromatic heterocycles. The largest absolute Gasteiger partial charge is 0.308 e. The fraction of sp³-hybridized carbons (Fsp3) is 0.143. The zero-order valence-electron chi connectivity index (χ0n) is 28.4. The molecule has 0 unspecified atom stereocenters. The second-order valence-electron chi connectivity index (χ2n) is 12.8. The molecule has 0 bridgehead atoms. The van der Waals surface area contributed by atoms with Crippen LogP contribution in [0.4, 0.5) is 0 Å². The van der Waals surface area contributed by atoms with E-state index < -0.39 is 0 Å². The molecule has 8 rings (SSSR count). The Hall–Kier alpha value is -6.08. The Labute approximate surface area is 285 Å². The van der Waals surface area contributed by atoms with Gasteiger partial charge in [0.05, 0.1) is 16.7 Å². The highest BCUT2D eigenvalue weighted by Crippen LogP contribution is 2.40. The Morgan fingerprint density at radius 1 is 0.367 bits per heavy atom. The third-order valence-corrected chi connectivity index (χ3v) is 8.99. The van der Waals surface area contributed by atoms with Crippen molar-refractivity contribution in [1.29, 1.82) is 0 Å². The van der Waals surface area contributed by atoms with Gasteiger partial charge in [-0.3, -0.25) is 0 Å². The topological polar surface area (TPSA) is 82.3 Å². The van der Waals surface area contributed by atoms with Crippen LogP contribution in [-0.4, -0.2) is 34.5 Å². The lowest BCUT2D eigenvalue weighted by atomic mass is 10.0. The van der Waals surface area contributed by atoms with Crippen molar-refractivity contribution in [2.24, 2.45) is 0 Å². The Kier molecular flexibility index (Phi) is 7.33. The van der Waals surface area contributed by atoms with Crippen molar-refractivity contribution in [3.8, 4) is 50.7 Å². The van der Waals surface area contributed by atoms with Gasteiger partial charge in [0.15, 0.2) is 11.6 Å². The van der Waals surface area contributed by atoms with Gasteiger partial charge in [-0.1, -0.05) is 83.9 Å². The minimum absolute atomic E-state index is 0.601. The zero-order chi connectivity index (χ0) is 33.8. The van der Waals surface area contributed by atoms with Gasteiger partial charge >= 0.3 is 0 Å². The molecule has 5 aromatic carbocycles. The van der Waals surface area contributed by atoms with Crippen LogP contribution in [-0.2, 0) is 0 Å². The first-order chi connectivity index (χ1) is 23.7. The third-order valence-electron chi connectivity index (χ3n) is 8.99. The normalized spacial score (nSPS) is 11.5. The lowest BCUT2D eigenvalue weighted by molar-refractivity contribution is 0.924. The smallest absolute Gasteiger partial charge is 0.165 e. The predicted octanol–water partition coefficient (Wildman–Crippen LogP) is 9.67. The molecule has 7 heteroatoms. The molecule has 3 heterocycles. The fourth-order valence-electron chi connectivity index (χ4n) is 6.66. The quantitative estimate of drug-likeness (QED) is 0.187. The Balaban J connectivity index is 1.46. The molecule has 0 radical (unpaired) electrons. The van der Waals surface area contributed by atoms with E-state index in [0.29, 0.717) is 34.9 Å². The van der Waals surface area contributed by atoms with Crippen LogP contribution in [0.3, 0.4) is 0 Å². The summed E-state index contributed by atoms with van der Waals surface area (Å²) in [6, 6.07) is 37.3. The maximum atomic E-state index is 4.86. The van der Waals surface area contributed by atoms with Gasteiger partial charge in [-0.2, -0.15) is 0 Å². The van der Waals surface area contributed by atoms with Crippen LogP contribution in [0, 0.1) is 41.5 Å². The van der Waals surface area contributed by atoms with Crippen molar-refractivity contribution in [3.63, 3.8) is 0 Å². The van der Waals surface area contributed by atoms with Gasteiger partial charge in [0, 0.05) is 21.9 Å². The number of benzene rings is 5. The third kappa shape index (κ3) is 5.63. The molecule has 0 aliphatic heterocycles. The van der Waals surface area contributed by atoms with Gasteiger partial charge in [0.25, 0.3) is 0 Å². The first-order valence-corrected chi connectivity index (χ1v) is 16.5. The summed E-state index contributed by atoms with van der Waals surface area (Å²) in [5.41, 5.74) is 12.0. The Morgan fingerprint density at radius 2 is 0.776 bits per heavy atom. The molecule has 0 amide bonds. The number of aromatic nitrogens is 7. The van der Waals surface area contributed by atoms with Gasteiger partial charge in [-0.25, -0.2) is 29.9 Å². The highest BCUT2D eigenvalue weighted by molar-refractivity contribution is 6.11. The maximum absolute atomic E-state index is 4.86. The SMILES string of the molecule is Cc1ccc(-c2ccc3c4ccc(-c5ccc(C)cc5)cc4n(-c4ccc(-c5nc(C)nc(C)n5)cc4-c4nc(C)nc(C)n4)c3c2)cc1. The summed E-state index contributed by atoms with van der Waals surface area (Å²) in [6.07, 6.45) is 0. The number of fused-ring (bicyclic) bond motifs is 3. The first-order valence-electron chi connectivity index (χ1n) is 16.5. The lowest BCUT2D eigenvalue weighted by Crippen LogP contribution is -2.04. The van der Waals surface area contributed by atoms with Gasteiger partial charge in [0.2, 0.25) is 0 Å². The molecule has 8 aromatic rings. The second kappa shape index (κ2) is 11.9. The van der Waals surface area contributed by atoms with Crippen molar-refractivity contribution in [3.05, 3.63) is 138 Å². The minimum atomic E-state index is 0.601. The molecule has 0 aliphatic rings. The van der Waals surface area contributed by atoms with Crippen molar-refractivity contribution in [2.75, 3.05) is 0 Å². The van der Waals surface area contributed by atoms with Crippen molar-refractivity contribution in [2.45, 2.75) is 41.5 Å². The fourth-order valence-corrected chi connectivity index (χ4v) is 6.66. The Morgan fingerprint density at radius 3 is 1.24 bits per heavy atom. The van der Waals surface area contributed by atoms with Crippen molar-refractivity contribution >= 4 is 21.8 Å². The maximum Gasteiger partial charge on any atom is 0.165 e. The molecule has 0 N–H and O–H groups in total.